The second kappa shape index (κ2) is 8.95. The molecule has 1 fully saturated rings. The van der Waals surface area contributed by atoms with Crippen molar-refractivity contribution in [3.63, 3.8) is 0 Å². The first-order valence-corrected chi connectivity index (χ1v) is 12.9. The monoisotopic (exact) mass is 497 g/mol. The molecule has 0 atom stereocenters. The van der Waals surface area contributed by atoms with E-state index in [1.165, 1.54) is 24.1 Å². The molecule has 0 unspecified atom stereocenters. The van der Waals surface area contributed by atoms with E-state index in [1.807, 2.05) is 6.92 Å². The van der Waals surface area contributed by atoms with E-state index in [0.29, 0.717) is 48.9 Å². The third kappa shape index (κ3) is 3.69. The highest BCUT2D eigenvalue weighted by Gasteiger charge is 2.32. The number of hydrogen-bond acceptors (Lipinski definition) is 8. The van der Waals surface area contributed by atoms with Gasteiger partial charge in [-0.1, -0.05) is 42.8 Å². The Bertz CT molecular complexity index is 1550. The lowest BCUT2D eigenvalue weighted by Gasteiger charge is -2.21. The minimum absolute atomic E-state index is 0.0400. The van der Waals surface area contributed by atoms with Crippen molar-refractivity contribution in [1.82, 2.24) is 9.97 Å². The summed E-state index contributed by atoms with van der Waals surface area (Å²) in [6.45, 7) is 1.86. The topological polar surface area (TPSA) is 98.2 Å². The number of aryl methyl sites for hydroxylation is 1. The lowest BCUT2D eigenvalue weighted by molar-refractivity contribution is 0.0216. The van der Waals surface area contributed by atoms with Gasteiger partial charge in [0.25, 0.3) is 0 Å². The fourth-order valence-electron chi connectivity index (χ4n) is 5.13. The summed E-state index contributed by atoms with van der Waals surface area (Å²) in [5, 5.41) is 3.96. The van der Waals surface area contributed by atoms with Gasteiger partial charge in [0.05, 0.1) is 16.6 Å². The smallest absolute Gasteiger partial charge is 0.348 e. The van der Waals surface area contributed by atoms with Gasteiger partial charge in [0.1, 0.15) is 28.0 Å². The summed E-state index contributed by atoms with van der Waals surface area (Å²) in [6.07, 6.45) is 6.53. The van der Waals surface area contributed by atoms with Crippen LogP contribution in [0.15, 0.2) is 48.8 Å². The number of carbonyl (C=O) groups is 3. The van der Waals surface area contributed by atoms with E-state index < -0.39 is 0 Å². The maximum Gasteiger partial charge on any atom is 0.348 e. The van der Waals surface area contributed by atoms with E-state index in [-0.39, 0.29) is 23.6 Å². The fourth-order valence-corrected chi connectivity index (χ4v) is 6.16. The molecule has 2 aliphatic carbocycles. The van der Waals surface area contributed by atoms with Gasteiger partial charge >= 0.3 is 5.97 Å². The molecular weight excluding hydrogens is 474 g/mol. The normalized spacial score (nSPS) is 15.5. The van der Waals surface area contributed by atoms with Crippen molar-refractivity contribution in [1.29, 1.82) is 0 Å². The number of thiophene rings is 1. The SMILES string of the molecule is Cc1c(C(=O)OC2CCCCC2)sc2ncnc(Nc3cccc4c3C(=O)c3ccccc3C4=O)c12. The largest absolute Gasteiger partial charge is 0.458 e. The molecule has 36 heavy (non-hydrogen) atoms. The van der Waals surface area contributed by atoms with Gasteiger partial charge in [-0.15, -0.1) is 11.3 Å². The standard InChI is InChI=1S/C28H23N3O4S/c1-15-21-26(29-14-30-27(21)36-25(15)28(34)35-16-8-3-2-4-9-16)31-20-13-7-12-19-22(20)24(33)18-11-6-5-10-17(18)23(19)32/h5-7,10-14,16H,2-4,8-9H2,1H3,(H,29,30,31). The molecule has 0 spiro atoms. The predicted molar refractivity (Wildman–Crippen MR) is 137 cm³/mol. The summed E-state index contributed by atoms with van der Waals surface area (Å²) in [4.78, 5) is 49.5. The average Bonchev–Trinajstić information content (AvgIpc) is 3.25. The van der Waals surface area contributed by atoms with Crippen LogP contribution in [0.25, 0.3) is 10.2 Å². The Morgan fingerprint density at radius 3 is 2.44 bits per heavy atom. The molecule has 0 amide bonds. The Morgan fingerprint density at radius 2 is 1.67 bits per heavy atom. The molecule has 1 saturated carbocycles. The maximum atomic E-state index is 13.4. The average molecular weight is 498 g/mol. The summed E-state index contributed by atoms with van der Waals surface area (Å²) in [6, 6.07) is 12.0. The van der Waals surface area contributed by atoms with Crippen LogP contribution in [-0.4, -0.2) is 33.6 Å². The number of hydrogen-bond donors (Lipinski definition) is 1. The highest BCUT2D eigenvalue weighted by molar-refractivity contribution is 7.20. The van der Waals surface area contributed by atoms with E-state index >= 15 is 0 Å². The van der Waals surface area contributed by atoms with Gasteiger partial charge in [-0.05, 0) is 44.2 Å². The summed E-state index contributed by atoms with van der Waals surface area (Å²) in [7, 11) is 0. The van der Waals surface area contributed by atoms with Crippen LogP contribution >= 0.6 is 11.3 Å². The molecule has 1 N–H and O–H groups in total. The number of aromatic nitrogens is 2. The molecule has 4 aromatic rings. The van der Waals surface area contributed by atoms with Gasteiger partial charge in [-0.2, -0.15) is 0 Å². The van der Waals surface area contributed by atoms with Crippen molar-refractivity contribution in [2.75, 3.05) is 5.32 Å². The molecule has 0 saturated heterocycles. The number of fused-ring (bicyclic) bond motifs is 3. The Labute approximate surface area is 211 Å². The zero-order valence-electron chi connectivity index (χ0n) is 19.7. The molecule has 2 aromatic carbocycles. The molecule has 2 aromatic heterocycles. The second-order valence-electron chi connectivity index (χ2n) is 9.18. The summed E-state index contributed by atoms with van der Waals surface area (Å²) in [5.41, 5.74) is 2.68. The zero-order valence-corrected chi connectivity index (χ0v) is 20.5. The molecule has 6 rings (SSSR count). The first kappa shape index (κ1) is 22.5. The fraction of sp³-hybridized carbons (Fsp3) is 0.250. The van der Waals surface area contributed by atoms with Crippen molar-refractivity contribution in [2.45, 2.75) is 45.1 Å². The molecule has 0 aliphatic heterocycles. The highest BCUT2D eigenvalue weighted by atomic mass is 32.1. The Hall–Kier alpha value is -3.91. The number of anilines is 2. The number of ether oxygens (including phenoxy) is 1. The molecule has 2 aliphatic rings. The Kier molecular flexibility index (Phi) is 5.60. The van der Waals surface area contributed by atoms with Crippen molar-refractivity contribution in [3.8, 4) is 0 Å². The first-order chi connectivity index (χ1) is 17.5. The van der Waals surface area contributed by atoms with Crippen molar-refractivity contribution in [2.24, 2.45) is 0 Å². The van der Waals surface area contributed by atoms with Crippen LogP contribution in [0.1, 0.15) is 79.2 Å². The van der Waals surface area contributed by atoms with Crippen LogP contribution in [0.3, 0.4) is 0 Å². The first-order valence-electron chi connectivity index (χ1n) is 12.1. The molecule has 2 heterocycles. The molecule has 7 nitrogen and oxygen atoms in total. The van der Waals surface area contributed by atoms with Gasteiger partial charge in [-0.3, -0.25) is 9.59 Å². The van der Waals surface area contributed by atoms with Crippen LogP contribution in [0.5, 0.6) is 0 Å². The molecular formula is C28H23N3O4S. The van der Waals surface area contributed by atoms with Gasteiger partial charge in [0.15, 0.2) is 11.6 Å². The minimum atomic E-state index is -0.331. The number of benzene rings is 2. The zero-order chi connectivity index (χ0) is 24.8. The van der Waals surface area contributed by atoms with E-state index in [4.69, 9.17) is 4.74 Å². The molecule has 0 bridgehead atoms. The van der Waals surface area contributed by atoms with Crippen LogP contribution in [0, 0.1) is 6.92 Å². The quantitative estimate of drug-likeness (QED) is 0.304. The van der Waals surface area contributed by atoms with E-state index in [9.17, 15) is 14.4 Å². The number of rotatable bonds is 4. The lowest BCUT2D eigenvalue weighted by atomic mass is 9.83. The van der Waals surface area contributed by atoms with Gasteiger partial charge < -0.3 is 10.1 Å². The number of ketones is 2. The third-order valence-corrected chi connectivity index (χ3v) is 8.12. The highest BCUT2D eigenvalue weighted by Crippen LogP contribution is 2.38. The predicted octanol–water partition coefficient (Wildman–Crippen LogP) is 6.01. The second-order valence-corrected chi connectivity index (χ2v) is 10.2. The van der Waals surface area contributed by atoms with Crippen LogP contribution in [0.2, 0.25) is 0 Å². The number of esters is 1. The minimum Gasteiger partial charge on any atom is -0.458 e. The van der Waals surface area contributed by atoms with Gasteiger partial charge in [-0.25, -0.2) is 14.8 Å². The van der Waals surface area contributed by atoms with Crippen LogP contribution in [0.4, 0.5) is 11.5 Å². The van der Waals surface area contributed by atoms with Gasteiger partial charge in [0, 0.05) is 16.7 Å². The Morgan fingerprint density at radius 1 is 0.944 bits per heavy atom. The molecule has 8 heteroatoms. The maximum absolute atomic E-state index is 13.4. The van der Waals surface area contributed by atoms with E-state index in [0.717, 1.165) is 31.2 Å². The summed E-state index contributed by atoms with van der Waals surface area (Å²) >= 11 is 1.28. The van der Waals surface area contributed by atoms with Gasteiger partial charge in [0.2, 0.25) is 0 Å². The number of nitrogens with one attached hydrogen (secondary N) is 1. The van der Waals surface area contributed by atoms with E-state index in [2.05, 4.69) is 15.3 Å². The van der Waals surface area contributed by atoms with Crippen LogP contribution < -0.4 is 5.32 Å². The summed E-state index contributed by atoms with van der Waals surface area (Å²) in [5.74, 6) is -0.260. The Balaban J connectivity index is 1.38. The van der Waals surface area contributed by atoms with Crippen molar-refractivity contribution >= 4 is 50.6 Å². The van der Waals surface area contributed by atoms with Crippen molar-refractivity contribution in [3.05, 3.63) is 81.5 Å². The molecule has 0 radical (unpaired) electrons. The number of nitrogens with zero attached hydrogens (tertiary/aromatic N) is 2. The lowest BCUT2D eigenvalue weighted by Crippen LogP contribution is -2.22. The third-order valence-electron chi connectivity index (χ3n) is 6.94. The van der Waals surface area contributed by atoms with Crippen molar-refractivity contribution < 1.29 is 19.1 Å². The summed E-state index contributed by atoms with van der Waals surface area (Å²) < 4.78 is 5.80. The van der Waals surface area contributed by atoms with E-state index in [1.54, 1.807) is 42.5 Å². The van der Waals surface area contributed by atoms with Crippen LogP contribution in [-0.2, 0) is 4.74 Å². The molecule has 180 valence electrons. The number of carbonyl (C=O) groups excluding carboxylic acids is 3.